The average molecular weight is 261 g/mol. The first-order chi connectivity index (χ1) is 8.12. The maximum Gasteiger partial charge on any atom is 0.321 e. The predicted molar refractivity (Wildman–Crippen MR) is 68.1 cm³/mol. The Morgan fingerprint density at radius 3 is 2.47 bits per heavy atom. The molecule has 0 heterocycles. The largest absolute Gasteiger partial charge is 0.337 e. The molecule has 0 aliphatic heterocycles. The van der Waals surface area contributed by atoms with Gasteiger partial charge in [0.2, 0.25) is 5.91 Å². The van der Waals surface area contributed by atoms with Gasteiger partial charge in [0.25, 0.3) is 0 Å². The fraction of sp³-hybridized carbons (Fsp3) is 0.833. The maximum atomic E-state index is 11.5. The molecule has 0 saturated heterocycles. The van der Waals surface area contributed by atoms with Gasteiger partial charge in [-0.25, -0.2) is 4.79 Å². The topological polar surface area (TPSA) is 58.2 Å². The number of amides is 3. The maximum absolute atomic E-state index is 11.5. The summed E-state index contributed by atoms with van der Waals surface area (Å²) < 4.78 is 0. The van der Waals surface area contributed by atoms with E-state index in [0.717, 1.165) is 6.42 Å². The minimum Gasteiger partial charge on any atom is -0.337 e. The van der Waals surface area contributed by atoms with Gasteiger partial charge in [0, 0.05) is 18.8 Å². The van der Waals surface area contributed by atoms with Crippen LogP contribution in [0, 0.1) is 5.41 Å². The van der Waals surface area contributed by atoms with Gasteiger partial charge in [-0.3, -0.25) is 10.1 Å². The second kappa shape index (κ2) is 6.84. The molecule has 1 aliphatic rings. The van der Waals surface area contributed by atoms with Crippen LogP contribution in [0.25, 0.3) is 0 Å². The minimum atomic E-state index is -0.403. The van der Waals surface area contributed by atoms with Crippen LogP contribution in [0.4, 0.5) is 4.79 Å². The summed E-state index contributed by atoms with van der Waals surface area (Å²) in [5, 5.41) is 5.06. The van der Waals surface area contributed by atoms with Crippen LogP contribution in [-0.2, 0) is 4.79 Å². The van der Waals surface area contributed by atoms with E-state index in [2.05, 4.69) is 17.6 Å². The van der Waals surface area contributed by atoms with E-state index < -0.39 is 6.03 Å². The van der Waals surface area contributed by atoms with E-state index >= 15 is 0 Å². The van der Waals surface area contributed by atoms with E-state index in [9.17, 15) is 9.59 Å². The first-order valence-electron chi connectivity index (χ1n) is 6.25. The molecular weight excluding hydrogens is 240 g/mol. The molecule has 4 nitrogen and oxygen atoms in total. The number of hydrogen-bond donors (Lipinski definition) is 2. The summed E-state index contributed by atoms with van der Waals surface area (Å²) in [5.74, 6) is -0.0904. The summed E-state index contributed by atoms with van der Waals surface area (Å²) >= 11 is 5.41. The standard InChI is InChI=1S/C12H21ClN2O2/c1-2-12(6-3-4-7-12)9-14-11(17)15-10(16)5-8-13/h2-9H2,1H3,(H2,14,15,16,17). The van der Waals surface area contributed by atoms with Crippen LogP contribution >= 0.6 is 11.6 Å². The number of alkyl halides is 1. The monoisotopic (exact) mass is 260 g/mol. The summed E-state index contributed by atoms with van der Waals surface area (Å²) in [6, 6.07) is -0.403. The van der Waals surface area contributed by atoms with Gasteiger partial charge in [-0.05, 0) is 24.7 Å². The fourth-order valence-electron chi connectivity index (χ4n) is 2.37. The smallest absolute Gasteiger partial charge is 0.321 e. The van der Waals surface area contributed by atoms with Crippen LogP contribution in [0.5, 0.6) is 0 Å². The molecule has 0 spiro atoms. The van der Waals surface area contributed by atoms with Crippen LogP contribution in [0.1, 0.15) is 45.4 Å². The number of halogens is 1. The SMILES string of the molecule is CCC1(CNC(=O)NC(=O)CCCl)CCCC1. The number of hydrogen-bond acceptors (Lipinski definition) is 2. The van der Waals surface area contributed by atoms with Gasteiger partial charge in [-0.15, -0.1) is 11.6 Å². The second-order valence-corrected chi connectivity index (χ2v) is 5.11. The quantitative estimate of drug-likeness (QED) is 0.746. The van der Waals surface area contributed by atoms with E-state index in [-0.39, 0.29) is 23.6 Å². The zero-order valence-electron chi connectivity index (χ0n) is 10.4. The van der Waals surface area contributed by atoms with Crippen molar-refractivity contribution >= 4 is 23.5 Å². The zero-order valence-corrected chi connectivity index (χ0v) is 11.1. The average Bonchev–Trinajstić information content (AvgIpc) is 2.76. The molecule has 2 N–H and O–H groups in total. The van der Waals surface area contributed by atoms with Gasteiger partial charge in [0.05, 0.1) is 0 Å². The first-order valence-corrected chi connectivity index (χ1v) is 6.79. The van der Waals surface area contributed by atoms with Crippen LogP contribution < -0.4 is 10.6 Å². The highest BCUT2D eigenvalue weighted by molar-refractivity contribution is 6.19. The number of carbonyl (C=O) groups is 2. The van der Waals surface area contributed by atoms with Gasteiger partial charge in [0.1, 0.15) is 0 Å². The highest BCUT2D eigenvalue weighted by Crippen LogP contribution is 2.40. The van der Waals surface area contributed by atoms with Crippen molar-refractivity contribution in [3.05, 3.63) is 0 Å². The third kappa shape index (κ3) is 4.54. The third-order valence-corrected chi connectivity index (χ3v) is 3.80. The van der Waals surface area contributed by atoms with Crippen molar-refractivity contribution in [3.63, 3.8) is 0 Å². The molecular formula is C12H21ClN2O2. The Hall–Kier alpha value is -0.770. The molecule has 0 aromatic carbocycles. The number of urea groups is 1. The van der Waals surface area contributed by atoms with E-state index in [1.807, 2.05) is 0 Å². The molecule has 0 unspecified atom stereocenters. The number of rotatable bonds is 5. The zero-order chi connectivity index (χ0) is 12.7. The van der Waals surface area contributed by atoms with Crippen molar-refractivity contribution in [2.75, 3.05) is 12.4 Å². The molecule has 0 aromatic rings. The summed E-state index contributed by atoms with van der Waals surface area (Å²) in [5.41, 5.74) is 0.243. The minimum absolute atomic E-state index is 0.175. The molecule has 0 atom stereocenters. The summed E-state index contributed by atoms with van der Waals surface area (Å²) in [4.78, 5) is 22.6. The van der Waals surface area contributed by atoms with Crippen LogP contribution in [0.2, 0.25) is 0 Å². The Kier molecular flexibility index (Phi) is 5.75. The Bertz CT molecular complexity index is 276. The van der Waals surface area contributed by atoms with Crippen molar-refractivity contribution in [1.29, 1.82) is 0 Å². The Morgan fingerprint density at radius 2 is 1.94 bits per heavy atom. The normalized spacial score (nSPS) is 17.8. The molecule has 0 bridgehead atoms. The second-order valence-electron chi connectivity index (χ2n) is 4.73. The lowest BCUT2D eigenvalue weighted by atomic mass is 9.83. The molecule has 17 heavy (non-hydrogen) atoms. The van der Waals surface area contributed by atoms with E-state index in [1.54, 1.807) is 0 Å². The van der Waals surface area contributed by atoms with Crippen molar-refractivity contribution in [3.8, 4) is 0 Å². The Labute approximate surface area is 107 Å². The Balaban J connectivity index is 2.29. The molecule has 1 fully saturated rings. The number of imide groups is 1. The lowest BCUT2D eigenvalue weighted by Crippen LogP contribution is -2.44. The third-order valence-electron chi connectivity index (χ3n) is 3.61. The van der Waals surface area contributed by atoms with Gasteiger partial charge in [-0.1, -0.05) is 19.8 Å². The number of carbonyl (C=O) groups excluding carboxylic acids is 2. The van der Waals surface area contributed by atoms with Crippen molar-refractivity contribution < 1.29 is 9.59 Å². The van der Waals surface area contributed by atoms with E-state index in [4.69, 9.17) is 11.6 Å². The molecule has 98 valence electrons. The molecule has 1 saturated carbocycles. The number of nitrogens with one attached hydrogen (secondary N) is 2. The van der Waals surface area contributed by atoms with Gasteiger partial charge < -0.3 is 5.32 Å². The van der Waals surface area contributed by atoms with Crippen molar-refractivity contribution in [2.45, 2.75) is 45.4 Å². The molecule has 0 radical (unpaired) electrons. The molecule has 1 rings (SSSR count). The lowest BCUT2D eigenvalue weighted by molar-refractivity contribution is -0.119. The summed E-state index contributed by atoms with van der Waals surface area (Å²) in [6.07, 6.45) is 6.06. The molecule has 3 amide bonds. The van der Waals surface area contributed by atoms with Crippen LogP contribution in [0.15, 0.2) is 0 Å². The van der Waals surface area contributed by atoms with Gasteiger partial charge in [0.15, 0.2) is 0 Å². The first kappa shape index (κ1) is 14.3. The van der Waals surface area contributed by atoms with Gasteiger partial charge >= 0.3 is 6.03 Å². The van der Waals surface area contributed by atoms with Gasteiger partial charge in [-0.2, -0.15) is 0 Å². The molecule has 1 aliphatic carbocycles. The summed E-state index contributed by atoms with van der Waals surface area (Å²) in [7, 11) is 0. The highest BCUT2D eigenvalue weighted by atomic mass is 35.5. The van der Waals surface area contributed by atoms with Crippen LogP contribution in [-0.4, -0.2) is 24.4 Å². The van der Waals surface area contributed by atoms with Crippen molar-refractivity contribution in [2.24, 2.45) is 5.41 Å². The predicted octanol–water partition coefficient (Wildman–Crippen LogP) is 2.41. The van der Waals surface area contributed by atoms with E-state index in [0.29, 0.717) is 6.54 Å². The van der Waals surface area contributed by atoms with Crippen molar-refractivity contribution in [1.82, 2.24) is 10.6 Å². The lowest BCUT2D eigenvalue weighted by Gasteiger charge is -2.27. The van der Waals surface area contributed by atoms with Crippen LogP contribution in [0.3, 0.4) is 0 Å². The Morgan fingerprint density at radius 1 is 1.29 bits per heavy atom. The summed E-state index contributed by atoms with van der Waals surface area (Å²) in [6.45, 7) is 2.81. The molecule has 0 aromatic heterocycles. The highest BCUT2D eigenvalue weighted by Gasteiger charge is 2.32. The van der Waals surface area contributed by atoms with E-state index in [1.165, 1.54) is 25.7 Å². The fourth-order valence-corrected chi connectivity index (χ4v) is 2.54. The molecule has 5 heteroatoms.